The maximum atomic E-state index is 12.5. The first kappa shape index (κ1) is 17.4. The molecule has 2 heterocycles. The second kappa shape index (κ2) is 6.66. The predicted octanol–water partition coefficient (Wildman–Crippen LogP) is 2.32. The van der Waals surface area contributed by atoms with Crippen LogP contribution in [0.25, 0.3) is 4.96 Å². The molecule has 0 bridgehead atoms. The van der Waals surface area contributed by atoms with E-state index in [1.54, 1.807) is 0 Å². The summed E-state index contributed by atoms with van der Waals surface area (Å²) in [6, 6.07) is 0.812. The number of carbonyl (C=O) groups is 1. The lowest BCUT2D eigenvalue weighted by atomic mass is 9.99. The van der Waals surface area contributed by atoms with Gasteiger partial charge in [0, 0.05) is 12.3 Å². The maximum absolute atomic E-state index is 12.5. The summed E-state index contributed by atoms with van der Waals surface area (Å²) in [7, 11) is 0. The van der Waals surface area contributed by atoms with Gasteiger partial charge in [0.15, 0.2) is 0 Å². The van der Waals surface area contributed by atoms with Crippen LogP contribution in [0.1, 0.15) is 41.0 Å². The molecule has 2 rings (SSSR count). The highest BCUT2D eigenvalue weighted by Gasteiger charge is 2.30. The van der Waals surface area contributed by atoms with Crippen LogP contribution in [0.3, 0.4) is 0 Å². The van der Waals surface area contributed by atoms with Crippen molar-refractivity contribution in [3.05, 3.63) is 22.6 Å². The van der Waals surface area contributed by atoms with E-state index >= 15 is 0 Å². The number of esters is 1. The average Bonchev–Trinajstić information content (AvgIpc) is 2.86. The number of hydrogen-bond donors (Lipinski definition) is 1. The molecule has 0 aliphatic rings. The van der Waals surface area contributed by atoms with Crippen molar-refractivity contribution >= 4 is 27.4 Å². The number of aromatic nitrogens is 3. The van der Waals surface area contributed by atoms with Crippen LogP contribution in [0.15, 0.2) is 17.1 Å². The Morgan fingerprint density at radius 3 is 2.74 bits per heavy atom. The van der Waals surface area contributed by atoms with Gasteiger partial charge in [-0.2, -0.15) is 4.52 Å². The van der Waals surface area contributed by atoms with Crippen molar-refractivity contribution < 1.29 is 9.53 Å². The van der Waals surface area contributed by atoms with Gasteiger partial charge in [-0.3, -0.25) is 4.79 Å². The van der Waals surface area contributed by atoms with Crippen molar-refractivity contribution in [3.8, 4) is 0 Å². The molecular weight excluding hydrogens is 316 g/mol. The number of rotatable bonds is 5. The van der Waals surface area contributed by atoms with Gasteiger partial charge in [-0.25, -0.2) is 9.78 Å². The molecule has 2 aromatic heterocycles. The molecule has 126 valence electrons. The van der Waals surface area contributed by atoms with Gasteiger partial charge >= 0.3 is 5.97 Å². The van der Waals surface area contributed by atoms with E-state index in [4.69, 9.17) is 4.74 Å². The zero-order chi connectivity index (χ0) is 17.2. The molecule has 0 aliphatic heterocycles. The maximum Gasteiger partial charge on any atom is 0.329 e. The molecular formula is C15H22N4O3S. The Morgan fingerprint density at radius 2 is 2.17 bits per heavy atom. The van der Waals surface area contributed by atoms with Crippen molar-refractivity contribution in [3.63, 3.8) is 0 Å². The minimum Gasteiger partial charge on any atom is -0.458 e. The van der Waals surface area contributed by atoms with Crippen LogP contribution in [0.5, 0.6) is 0 Å². The molecule has 0 amide bonds. The van der Waals surface area contributed by atoms with Gasteiger partial charge in [-0.1, -0.05) is 31.6 Å². The van der Waals surface area contributed by atoms with E-state index in [9.17, 15) is 9.59 Å². The number of ether oxygens (including phenoxy) is 1. The van der Waals surface area contributed by atoms with E-state index in [0.717, 1.165) is 6.42 Å². The predicted molar refractivity (Wildman–Crippen MR) is 89.8 cm³/mol. The van der Waals surface area contributed by atoms with Crippen LogP contribution in [0.2, 0.25) is 0 Å². The quantitative estimate of drug-likeness (QED) is 0.842. The highest BCUT2D eigenvalue weighted by atomic mass is 32.1. The third-order valence-electron chi connectivity index (χ3n) is 3.32. The van der Waals surface area contributed by atoms with Gasteiger partial charge in [0.2, 0.25) is 10.1 Å². The lowest BCUT2D eigenvalue weighted by Crippen LogP contribution is -2.40. The Bertz CT molecular complexity index is 747. The zero-order valence-corrected chi connectivity index (χ0v) is 14.8. The van der Waals surface area contributed by atoms with E-state index in [1.807, 2.05) is 34.6 Å². The van der Waals surface area contributed by atoms with Crippen molar-refractivity contribution in [2.24, 2.45) is 5.92 Å². The third kappa shape index (κ3) is 4.28. The standard InChI is InChI=1S/C15H22N4O3S/c1-6-9(2)11(12(21)22-15(3,4)5)17-13-18-19-10(20)7-8-16-14(19)23-13/h7-9,11H,6H2,1-5H3,(H,17,18)/t9-,11-/m0/s1. The Morgan fingerprint density at radius 1 is 1.48 bits per heavy atom. The fraction of sp³-hybridized carbons (Fsp3) is 0.600. The number of hydrogen-bond acceptors (Lipinski definition) is 7. The number of anilines is 1. The number of fused-ring (bicyclic) bond motifs is 1. The second-order valence-corrected chi connectivity index (χ2v) is 7.38. The van der Waals surface area contributed by atoms with Crippen LogP contribution in [-0.4, -0.2) is 32.2 Å². The molecule has 2 aromatic rings. The molecule has 0 saturated carbocycles. The minimum atomic E-state index is -0.559. The zero-order valence-electron chi connectivity index (χ0n) is 14.0. The molecule has 0 saturated heterocycles. The van der Waals surface area contributed by atoms with Gasteiger partial charge in [0.1, 0.15) is 11.6 Å². The van der Waals surface area contributed by atoms with Crippen molar-refractivity contribution in [2.45, 2.75) is 52.7 Å². The van der Waals surface area contributed by atoms with Crippen molar-refractivity contribution in [1.82, 2.24) is 14.6 Å². The van der Waals surface area contributed by atoms with Gasteiger partial charge in [-0.05, 0) is 26.7 Å². The topological polar surface area (TPSA) is 85.6 Å². The van der Waals surface area contributed by atoms with Crippen LogP contribution in [0, 0.1) is 5.92 Å². The molecule has 2 atom stereocenters. The molecule has 23 heavy (non-hydrogen) atoms. The molecule has 0 aliphatic carbocycles. The van der Waals surface area contributed by atoms with Crippen molar-refractivity contribution in [2.75, 3.05) is 5.32 Å². The largest absolute Gasteiger partial charge is 0.458 e. The van der Waals surface area contributed by atoms with E-state index in [2.05, 4.69) is 15.4 Å². The summed E-state index contributed by atoms with van der Waals surface area (Å²) in [5.41, 5.74) is -0.812. The lowest BCUT2D eigenvalue weighted by Gasteiger charge is -2.27. The van der Waals surface area contributed by atoms with E-state index in [1.165, 1.54) is 28.1 Å². The SMILES string of the molecule is CC[C@H](C)[C@H](Nc1nn2c(=O)ccnc2s1)C(=O)OC(C)(C)C. The van der Waals surface area contributed by atoms with Gasteiger partial charge in [0.25, 0.3) is 5.56 Å². The molecule has 0 aromatic carbocycles. The summed E-state index contributed by atoms with van der Waals surface area (Å²) in [5.74, 6) is -0.270. The first-order chi connectivity index (χ1) is 10.7. The molecule has 0 spiro atoms. The van der Waals surface area contributed by atoms with Crippen LogP contribution in [0.4, 0.5) is 5.13 Å². The Labute approximate surface area is 138 Å². The number of nitrogens with one attached hydrogen (secondary N) is 1. The second-order valence-electron chi connectivity index (χ2n) is 6.43. The highest BCUT2D eigenvalue weighted by Crippen LogP contribution is 2.22. The van der Waals surface area contributed by atoms with Crippen LogP contribution in [-0.2, 0) is 9.53 Å². The molecule has 7 nitrogen and oxygen atoms in total. The first-order valence-corrected chi connectivity index (χ1v) is 8.37. The average molecular weight is 338 g/mol. The van der Waals surface area contributed by atoms with Gasteiger partial charge < -0.3 is 10.1 Å². The number of nitrogens with zero attached hydrogens (tertiary/aromatic N) is 3. The molecule has 0 radical (unpaired) electrons. The third-order valence-corrected chi connectivity index (χ3v) is 4.18. The Kier molecular flexibility index (Phi) is 5.03. The van der Waals surface area contributed by atoms with Gasteiger partial charge in [0.05, 0.1) is 0 Å². The minimum absolute atomic E-state index is 0.0570. The fourth-order valence-electron chi connectivity index (χ4n) is 1.97. The summed E-state index contributed by atoms with van der Waals surface area (Å²) < 4.78 is 6.70. The normalized spacial score (nSPS) is 14.5. The summed E-state index contributed by atoms with van der Waals surface area (Å²) in [4.78, 5) is 28.8. The highest BCUT2D eigenvalue weighted by molar-refractivity contribution is 7.20. The molecule has 1 N–H and O–H groups in total. The number of carbonyl (C=O) groups excluding carboxylic acids is 1. The molecule has 0 unspecified atom stereocenters. The smallest absolute Gasteiger partial charge is 0.329 e. The van der Waals surface area contributed by atoms with E-state index in [0.29, 0.717) is 10.1 Å². The summed E-state index contributed by atoms with van der Waals surface area (Å²) in [6.45, 7) is 9.48. The van der Waals surface area contributed by atoms with Crippen molar-refractivity contribution in [1.29, 1.82) is 0 Å². The summed E-state index contributed by atoms with van der Waals surface area (Å²) >= 11 is 1.22. The monoisotopic (exact) mass is 338 g/mol. The Balaban J connectivity index is 2.27. The van der Waals surface area contributed by atoms with E-state index in [-0.39, 0.29) is 17.4 Å². The first-order valence-electron chi connectivity index (χ1n) is 7.55. The van der Waals surface area contributed by atoms with E-state index < -0.39 is 11.6 Å². The van der Waals surface area contributed by atoms with Gasteiger partial charge in [-0.15, -0.1) is 5.10 Å². The van der Waals surface area contributed by atoms with Crippen LogP contribution < -0.4 is 10.9 Å². The van der Waals surface area contributed by atoms with Crippen LogP contribution >= 0.6 is 11.3 Å². The molecule has 0 fully saturated rings. The Hall–Kier alpha value is -1.96. The summed E-state index contributed by atoms with van der Waals surface area (Å²) in [6.07, 6.45) is 2.25. The summed E-state index contributed by atoms with van der Waals surface area (Å²) in [5, 5.41) is 7.76. The lowest BCUT2D eigenvalue weighted by molar-refractivity contribution is -0.157. The molecule has 8 heteroatoms. The fourth-order valence-corrected chi connectivity index (χ4v) is 2.78.